The molecule has 1 N–H and O–H groups in total. The van der Waals surface area contributed by atoms with Gasteiger partial charge in [-0.2, -0.15) is 0 Å². The first-order chi connectivity index (χ1) is 8.26. The minimum absolute atomic E-state index is 0.549. The molecule has 0 heterocycles. The molecule has 0 saturated carbocycles. The van der Waals surface area contributed by atoms with Gasteiger partial charge in [0, 0.05) is 11.1 Å². The van der Waals surface area contributed by atoms with Crippen LogP contribution in [-0.2, 0) is 0 Å². The SMILES string of the molecule is CCCCCC(O)C#Cc1ccc(C=O)cc1. The number of rotatable bonds is 5. The smallest absolute Gasteiger partial charge is 0.150 e. The molecule has 0 aliphatic rings. The topological polar surface area (TPSA) is 37.3 Å². The molecule has 17 heavy (non-hydrogen) atoms. The maximum atomic E-state index is 10.5. The largest absolute Gasteiger partial charge is 0.380 e. The van der Waals surface area contributed by atoms with E-state index >= 15 is 0 Å². The minimum Gasteiger partial charge on any atom is -0.380 e. The Morgan fingerprint density at radius 1 is 1.29 bits per heavy atom. The molecular weight excluding hydrogens is 212 g/mol. The molecular formula is C15H18O2. The van der Waals surface area contributed by atoms with E-state index in [1.165, 1.54) is 0 Å². The fourth-order valence-electron chi connectivity index (χ4n) is 1.47. The Kier molecular flexibility index (Phi) is 6.06. The number of unbranched alkanes of at least 4 members (excludes halogenated alkanes) is 2. The van der Waals surface area contributed by atoms with Crippen molar-refractivity contribution in [3.8, 4) is 11.8 Å². The molecule has 0 spiro atoms. The molecule has 1 rings (SSSR count). The summed E-state index contributed by atoms with van der Waals surface area (Å²) in [6, 6.07) is 7.02. The van der Waals surface area contributed by atoms with E-state index in [0.717, 1.165) is 37.5 Å². The van der Waals surface area contributed by atoms with Gasteiger partial charge in [-0.1, -0.05) is 43.7 Å². The number of hydrogen-bond acceptors (Lipinski definition) is 2. The molecule has 1 aromatic rings. The zero-order chi connectivity index (χ0) is 12.5. The summed E-state index contributed by atoms with van der Waals surface area (Å²) in [5, 5.41) is 9.61. The zero-order valence-corrected chi connectivity index (χ0v) is 10.1. The van der Waals surface area contributed by atoms with E-state index in [9.17, 15) is 9.90 Å². The van der Waals surface area contributed by atoms with Crippen LogP contribution in [0.25, 0.3) is 0 Å². The van der Waals surface area contributed by atoms with E-state index in [1.807, 2.05) is 0 Å². The molecule has 1 unspecified atom stereocenters. The monoisotopic (exact) mass is 230 g/mol. The maximum Gasteiger partial charge on any atom is 0.150 e. The summed E-state index contributed by atoms with van der Waals surface area (Å²) in [5.74, 6) is 5.72. The van der Waals surface area contributed by atoms with Gasteiger partial charge >= 0.3 is 0 Å². The predicted molar refractivity (Wildman–Crippen MR) is 68.9 cm³/mol. The third-order valence-electron chi connectivity index (χ3n) is 2.51. The van der Waals surface area contributed by atoms with E-state index in [4.69, 9.17) is 0 Å². The second-order valence-corrected chi connectivity index (χ2v) is 4.02. The van der Waals surface area contributed by atoms with Crippen LogP contribution in [0.2, 0.25) is 0 Å². The summed E-state index contributed by atoms with van der Waals surface area (Å²) in [4.78, 5) is 10.5. The summed E-state index contributed by atoms with van der Waals surface area (Å²) in [7, 11) is 0. The molecule has 0 fully saturated rings. The molecule has 90 valence electrons. The van der Waals surface area contributed by atoms with Crippen LogP contribution in [0.3, 0.4) is 0 Å². The standard InChI is InChI=1S/C15H18O2/c1-2-3-4-5-15(17)11-10-13-6-8-14(12-16)9-7-13/h6-9,12,15,17H,2-5H2,1H3. The van der Waals surface area contributed by atoms with E-state index in [-0.39, 0.29) is 0 Å². The number of aliphatic hydroxyl groups is 1. The van der Waals surface area contributed by atoms with Gasteiger partial charge in [-0.25, -0.2) is 0 Å². The lowest BCUT2D eigenvalue weighted by Gasteiger charge is -2.01. The van der Waals surface area contributed by atoms with Crippen LogP contribution in [-0.4, -0.2) is 17.5 Å². The van der Waals surface area contributed by atoms with Gasteiger partial charge < -0.3 is 5.11 Å². The lowest BCUT2D eigenvalue weighted by atomic mass is 10.1. The van der Waals surface area contributed by atoms with Gasteiger partial charge in [0.2, 0.25) is 0 Å². The van der Waals surface area contributed by atoms with Gasteiger partial charge in [-0.15, -0.1) is 0 Å². The number of aldehydes is 1. The predicted octanol–water partition coefficient (Wildman–Crippen LogP) is 2.79. The molecule has 2 heteroatoms. The number of benzene rings is 1. The third-order valence-corrected chi connectivity index (χ3v) is 2.51. The van der Waals surface area contributed by atoms with Crippen molar-refractivity contribution in [1.29, 1.82) is 0 Å². The van der Waals surface area contributed by atoms with Crippen molar-refractivity contribution >= 4 is 6.29 Å². The fraction of sp³-hybridized carbons (Fsp3) is 0.400. The Morgan fingerprint density at radius 2 is 2.00 bits per heavy atom. The van der Waals surface area contributed by atoms with Crippen LogP contribution in [0.15, 0.2) is 24.3 Å². The second-order valence-electron chi connectivity index (χ2n) is 4.02. The molecule has 2 nitrogen and oxygen atoms in total. The van der Waals surface area contributed by atoms with Crippen molar-refractivity contribution in [1.82, 2.24) is 0 Å². The van der Waals surface area contributed by atoms with Gasteiger partial charge in [-0.05, 0) is 25.0 Å². The second kappa shape index (κ2) is 7.65. The Morgan fingerprint density at radius 3 is 2.59 bits per heavy atom. The molecule has 1 atom stereocenters. The molecule has 0 saturated heterocycles. The van der Waals surface area contributed by atoms with Crippen molar-refractivity contribution < 1.29 is 9.90 Å². The van der Waals surface area contributed by atoms with E-state index in [0.29, 0.717) is 5.56 Å². The summed E-state index contributed by atoms with van der Waals surface area (Å²) < 4.78 is 0. The minimum atomic E-state index is -0.549. The Hall–Kier alpha value is -1.59. The van der Waals surface area contributed by atoms with Crippen molar-refractivity contribution in [3.63, 3.8) is 0 Å². The number of aliphatic hydroxyl groups excluding tert-OH is 1. The highest BCUT2D eigenvalue weighted by Crippen LogP contribution is 2.04. The molecule has 0 amide bonds. The van der Waals surface area contributed by atoms with Gasteiger partial charge in [0.1, 0.15) is 12.4 Å². The highest BCUT2D eigenvalue weighted by molar-refractivity contribution is 5.74. The highest BCUT2D eigenvalue weighted by atomic mass is 16.3. The highest BCUT2D eigenvalue weighted by Gasteiger charge is 1.97. The molecule has 1 aromatic carbocycles. The first-order valence-corrected chi connectivity index (χ1v) is 6.01. The lowest BCUT2D eigenvalue weighted by molar-refractivity contribution is 0.112. The summed E-state index contributed by atoms with van der Waals surface area (Å²) in [6.07, 6.45) is 4.27. The van der Waals surface area contributed by atoms with Crippen molar-refractivity contribution in [2.24, 2.45) is 0 Å². The lowest BCUT2D eigenvalue weighted by Crippen LogP contribution is -2.02. The summed E-state index contributed by atoms with van der Waals surface area (Å²) >= 11 is 0. The fourth-order valence-corrected chi connectivity index (χ4v) is 1.47. The number of carbonyl (C=O) groups is 1. The zero-order valence-electron chi connectivity index (χ0n) is 10.1. The van der Waals surface area contributed by atoms with Crippen LogP contribution in [0.4, 0.5) is 0 Å². The van der Waals surface area contributed by atoms with Gasteiger partial charge in [-0.3, -0.25) is 4.79 Å². The first kappa shape index (κ1) is 13.5. The molecule has 0 aliphatic carbocycles. The Bertz CT molecular complexity index is 395. The number of carbonyl (C=O) groups excluding carboxylic acids is 1. The van der Waals surface area contributed by atoms with E-state index in [1.54, 1.807) is 24.3 Å². The number of hydrogen-bond donors (Lipinski definition) is 1. The van der Waals surface area contributed by atoms with Gasteiger partial charge in [0.05, 0.1) is 0 Å². The van der Waals surface area contributed by atoms with Crippen molar-refractivity contribution in [2.45, 2.75) is 38.7 Å². The van der Waals surface area contributed by atoms with Crippen LogP contribution in [0.1, 0.15) is 48.5 Å². The molecule has 0 radical (unpaired) electrons. The van der Waals surface area contributed by atoms with Gasteiger partial charge in [0.25, 0.3) is 0 Å². The van der Waals surface area contributed by atoms with Crippen LogP contribution in [0, 0.1) is 11.8 Å². The van der Waals surface area contributed by atoms with Gasteiger partial charge in [0.15, 0.2) is 0 Å². The Labute approximate surface area is 103 Å². The quantitative estimate of drug-likeness (QED) is 0.480. The summed E-state index contributed by atoms with van der Waals surface area (Å²) in [6.45, 7) is 2.13. The van der Waals surface area contributed by atoms with E-state index < -0.39 is 6.10 Å². The molecule has 0 bridgehead atoms. The molecule has 0 aromatic heterocycles. The normalized spacial score (nSPS) is 11.4. The van der Waals surface area contributed by atoms with E-state index in [2.05, 4.69) is 18.8 Å². The maximum absolute atomic E-state index is 10.5. The third kappa shape index (κ3) is 5.33. The first-order valence-electron chi connectivity index (χ1n) is 6.01. The average molecular weight is 230 g/mol. The van der Waals surface area contributed by atoms with Crippen molar-refractivity contribution in [2.75, 3.05) is 0 Å². The Balaban J connectivity index is 2.49. The van der Waals surface area contributed by atoms with Crippen LogP contribution >= 0.6 is 0 Å². The van der Waals surface area contributed by atoms with Crippen LogP contribution < -0.4 is 0 Å². The van der Waals surface area contributed by atoms with Crippen molar-refractivity contribution in [3.05, 3.63) is 35.4 Å². The average Bonchev–Trinajstić information content (AvgIpc) is 2.37. The van der Waals surface area contributed by atoms with Crippen LogP contribution in [0.5, 0.6) is 0 Å². The summed E-state index contributed by atoms with van der Waals surface area (Å²) in [5.41, 5.74) is 1.46. The molecule has 0 aliphatic heterocycles.